The van der Waals surface area contributed by atoms with Crippen molar-refractivity contribution in [3.05, 3.63) is 29.8 Å². The molecule has 1 aromatic rings. The summed E-state index contributed by atoms with van der Waals surface area (Å²) in [6, 6.07) is 8.08. The molecule has 0 spiro atoms. The molecule has 23 heavy (non-hydrogen) atoms. The lowest BCUT2D eigenvalue weighted by Crippen LogP contribution is -2.40. The number of hydrogen-bond donors (Lipinski definition) is 2. The van der Waals surface area contributed by atoms with Crippen LogP contribution in [0.1, 0.15) is 26.3 Å². The van der Waals surface area contributed by atoms with Crippen LogP contribution in [-0.4, -0.2) is 38.0 Å². The number of anilines is 1. The van der Waals surface area contributed by atoms with Crippen LogP contribution in [0.5, 0.6) is 0 Å². The van der Waals surface area contributed by atoms with Gasteiger partial charge in [-0.25, -0.2) is 4.99 Å². The van der Waals surface area contributed by atoms with E-state index in [1.807, 2.05) is 30.0 Å². The van der Waals surface area contributed by atoms with E-state index in [1.165, 1.54) is 5.56 Å². The fourth-order valence-corrected chi connectivity index (χ4v) is 2.47. The Morgan fingerprint density at radius 2 is 2.04 bits per heavy atom. The lowest BCUT2D eigenvalue weighted by atomic mass is 10.2. The normalized spacial score (nSPS) is 13.6. The average molecular weight is 430 g/mol. The largest absolute Gasteiger partial charge is 0.357 e. The first-order valence-electron chi connectivity index (χ1n) is 8.02. The van der Waals surface area contributed by atoms with Crippen molar-refractivity contribution < 1.29 is 4.79 Å². The number of benzene rings is 1. The lowest BCUT2D eigenvalue weighted by Gasteiger charge is -2.17. The van der Waals surface area contributed by atoms with E-state index in [2.05, 4.69) is 35.5 Å². The molecule has 1 amide bonds. The van der Waals surface area contributed by atoms with Crippen LogP contribution in [0.15, 0.2) is 29.3 Å². The van der Waals surface area contributed by atoms with Crippen molar-refractivity contribution in [3.8, 4) is 0 Å². The zero-order valence-corrected chi connectivity index (χ0v) is 16.5. The lowest BCUT2D eigenvalue weighted by molar-refractivity contribution is -0.117. The molecule has 1 aliphatic rings. The molecule has 0 atom stereocenters. The number of guanidine groups is 1. The minimum atomic E-state index is 0. The van der Waals surface area contributed by atoms with Gasteiger partial charge < -0.3 is 15.5 Å². The van der Waals surface area contributed by atoms with Crippen LogP contribution in [0.2, 0.25) is 0 Å². The fraction of sp³-hybridized carbons (Fsp3) is 0.529. The van der Waals surface area contributed by atoms with Crippen molar-refractivity contribution in [1.82, 2.24) is 10.6 Å². The molecule has 2 rings (SSSR count). The summed E-state index contributed by atoms with van der Waals surface area (Å²) in [6.07, 6.45) is 0.928. The number of hydrogen-bond acceptors (Lipinski definition) is 2. The molecular weight excluding hydrogens is 403 g/mol. The van der Waals surface area contributed by atoms with E-state index in [0.717, 1.165) is 31.7 Å². The van der Waals surface area contributed by atoms with Gasteiger partial charge in [0, 0.05) is 25.3 Å². The van der Waals surface area contributed by atoms with Gasteiger partial charge in [-0.05, 0) is 30.9 Å². The van der Waals surface area contributed by atoms with Gasteiger partial charge in [-0.2, -0.15) is 0 Å². The SMILES string of the molecule is CCNC(=NCC(=O)N1CCc2ccccc21)NCC(C)C.I. The highest BCUT2D eigenvalue weighted by Crippen LogP contribution is 2.27. The standard InChI is InChI=1S/C17H26N4O.HI/c1-4-18-17(19-11-13(2)3)20-12-16(22)21-10-9-14-7-5-6-8-15(14)21;/h5-8,13H,4,9-12H2,1-3H3,(H2,18,19,20);1H. The fourth-order valence-electron chi connectivity index (χ4n) is 2.47. The molecule has 0 radical (unpaired) electrons. The smallest absolute Gasteiger partial charge is 0.248 e. The van der Waals surface area contributed by atoms with Crippen molar-refractivity contribution in [1.29, 1.82) is 0 Å². The third-order valence-electron chi connectivity index (χ3n) is 3.58. The van der Waals surface area contributed by atoms with Crippen molar-refractivity contribution in [2.45, 2.75) is 27.2 Å². The van der Waals surface area contributed by atoms with E-state index in [0.29, 0.717) is 11.9 Å². The van der Waals surface area contributed by atoms with E-state index < -0.39 is 0 Å². The highest BCUT2D eigenvalue weighted by molar-refractivity contribution is 14.0. The van der Waals surface area contributed by atoms with E-state index in [-0.39, 0.29) is 36.4 Å². The Kier molecular flexibility index (Phi) is 8.36. The molecule has 6 heteroatoms. The molecule has 1 heterocycles. The van der Waals surface area contributed by atoms with Crippen LogP contribution in [0, 0.1) is 5.92 Å². The van der Waals surface area contributed by atoms with Gasteiger partial charge in [0.15, 0.2) is 5.96 Å². The molecule has 5 nitrogen and oxygen atoms in total. The van der Waals surface area contributed by atoms with Crippen LogP contribution in [-0.2, 0) is 11.2 Å². The van der Waals surface area contributed by atoms with E-state index in [9.17, 15) is 4.79 Å². The molecule has 2 N–H and O–H groups in total. The Balaban J connectivity index is 0.00000264. The summed E-state index contributed by atoms with van der Waals surface area (Å²) in [7, 11) is 0. The van der Waals surface area contributed by atoms with Crippen molar-refractivity contribution in [2.24, 2.45) is 10.9 Å². The van der Waals surface area contributed by atoms with Crippen LogP contribution >= 0.6 is 24.0 Å². The van der Waals surface area contributed by atoms with E-state index in [1.54, 1.807) is 0 Å². The number of halogens is 1. The number of carbonyl (C=O) groups excluding carboxylic acids is 1. The molecule has 1 aliphatic heterocycles. The van der Waals surface area contributed by atoms with E-state index >= 15 is 0 Å². The summed E-state index contributed by atoms with van der Waals surface area (Å²) in [5.74, 6) is 1.29. The van der Waals surface area contributed by atoms with Crippen LogP contribution in [0.3, 0.4) is 0 Å². The molecule has 0 aliphatic carbocycles. The van der Waals surface area contributed by atoms with Gasteiger partial charge in [0.2, 0.25) is 5.91 Å². The number of aliphatic imine (C=N–C) groups is 1. The highest BCUT2D eigenvalue weighted by Gasteiger charge is 2.23. The second-order valence-corrected chi connectivity index (χ2v) is 5.89. The summed E-state index contributed by atoms with van der Waals surface area (Å²) < 4.78 is 0. The van der Waals surface area contributed by atoms with Gasteiger partial charge in [-0.15, -0.1) is 24.0 Å². The molecule has 0 saturated heterocycles. The first kappa shape index (κ1) is 19.7. The third-order valence-corrected chi connectivity index (χ3v) is 3.58. The molecule has 0 aromatic heterocycles. The second-order valence-electron chi connectivity index (χ2n) is 5.89. The number of nitrogens with zero attached hydrogens (tertiary/aromatic N) is 2. The second kappa shape index (κ2) is 9.75. The Bertz CT molecular complexity index is 545. The number of rotatable bonds is 5. The summed E-state index contributed by atoms with van der Waals surface area (Å²) in [5, 5.41) is 6.42. The number of fused-ring (bicyclic) bond motifs is 1. The summed E-state index contributed by atoms with van der Waals surface area (Å²) in [6.45, 7) is 8.85. The topological polar surface area (TPSA) is 56.7 Å². The number of para-hydroxylation sites is 1. The summed E-state index contributed by atoms with van der Waals surface area (Å²) in [5.41, 5.74) is 2.27. The van der Waals surface area contributed by atoms with Gasteiger partial charge in [0.25, 0.3) is 0 Å². The Morgan fingerprint density at radius 3 is 2.74 bits per heavy atom. The van der Waals surface area contributed by atoms with Gasteiger partial charge >= 0.3 is 0 Å². The predicted molar refractivity (Wildman–Crippen MR) is 107 cm³/mol. The number of amides is 1. The maximum absolute atomic E-state index is 12.4. The highest BCUT2D eigenvalue weighted by atomic mass is 127. The molecule has 0 bridgehead atoms. The monoisotopic (exact) mass is 430 g/mol. The predicted octanol–water partition coefficient (Wildman–Crippen LogP) is 2.40. The average Bonchev–Trinajstić information content (AvgIpc) is 2.93. The number of carbonyl (C=O) groups is 1. The molecule has 0 saturated carbocycles. The summed E-state index contributed by atoms with van der Waals surface area (Å²) >= 11 is 0. The maximum Gasteiger partial charge on any atom is 0.248 e. The third kappa shape index (κ3) is 5.67. The zero-order valence-electron chi connectivity index (χ0n) is 14.1. The van der Waals surface area contributed by atoms with Crippen molar-refractivity contribution in [3.63, 3.8) is 0 Å². The van der Waals surface area contributed by atoms with Gasteiger partial charge in [0.05, 0.1) is 0 Å². The maximum atomic E-state index is 12.4. The quantitative estimate of drug-likeness (QED) is 0.429. The molecule has 128 valence electrons. The first-order valence-corrected chi connectivity index (χ1v) is 8.02. The Morgan fingerprint density at radius 1 is 1.30 bits per heavy atom. The molecular formula is C17H27IN4O. The van der Waals surface area contributed by atoms with Gasteiger partial charge in [-0.1, -0.05) is 32.0 Å². The van der Waals surface area contributed by atoms with Gasteiger partial charge in [0.1, 0.15) is 6.54 Å². The first-order chi connectivity index (χ1) is 10.6. The molecule has 1 aromatic carbocycles. The van der Waals surface area contributed by atoms with Crippen molar-refractivity contribution >= 4 is 41.5 Å². The minimum absolute atomic E-state index is 0. The Hall–Kier alpha value is -1.31. The Labute approximate surface area is 156 Å². The summed E-state index contributed by atoms with van der Waals surface area (Å²) in [4.78, 5) is 18.7. The zero-order chi connectivity index (χ0) is 15.9. The minimum Gasteiger partial charge on any atom is -0.357 e. The number of nitrogens with one attached hydrogen (secondary N) is 2. The van der Waals surface area contributed by atoms with Crippen molar-refractivity contribution in [2.75, 3.05) is 31.1 Å². The molecule has 0 unspecified atom stereocenters. The van der Waals surface area contributed by atoms with Gasteiger partial charge in [-0.3, -0.25) is 4.79 Å². The van der Waals surface area contributed by atoms with Crippen LogP contribution < -0.4 is 15.5 Å². The van der Waals surface area contributed by atoms with E-state index in [4.69, 9.17) is 0 Å². The molecule has 0 fully saturated rings. The van der Waals surface area contributed by atoms with Crippen LogP contribution in [0.4, 0.5) is 5.69 Å². The van der Waals surface area contributed by atoms with Crippen LogP contribution in [0.25, 0.3) is 0 Å².